The van der Waals surface area contributed by atoms with Crippen LogP contribution in [0.15, 0.2) is 29.2 Å². The maximum Gasteiger partial charge on any atom is 0.0579 e. The predicted molar refractivity (Wildman–Crippen MR) is 69.9 cm³/mol. The van der Waals surface area contributed by atoms with Gasteiger partial charge in [0.2, 0.25) is 0 Å². The standard InChI is InChI=1S/C12H17NS.ClH/c1-10-5-7-11(8-6-10)14-12-4-2-3-9-13-12;/h5-8,12-13H,2-4,9H2,1H3;1H. The molecule has 2 rings (SSSR count). The van der Waals surface area contributed by atoms with Crippen LogP contribution in [0.2, 0.25) is 0 Å². The average Bonchev–Trinajstić information content (AvgIpc) is 2.23. The Morgan fingerprint density at radius 3 is 2.53 bits per heavy atom. The van der Waals surface area contributed by atoms with E-state index in [-0.39, 0.29) is 12.4 Å². The quantitative estimate of drug-likeness (QED) is 0.852. The minimum Gasteiger partial charge on any atom is -0.305 e. The lowest BCUT2D eigenvalue weighted by Crippen LogP contribution is -2.30. The van der Waals surface area contributed by atoms with Crippen molar-refractivity contribution in [2.45, 2.75) is 36.5 Å². The first-order valence-electron chi connectivity index (χ1n) is 5.31. The first-order valence-corrected chi connectivity index (χ1v) is 6.19. The first kappa shape index (κ1) is 12.9. The Morgan fingerprint density at radius 2 is 1.93 bits per heavy atom. The molecule has 1 nitrogen and oxygen atoms in total. The van der Waals surface area contributed by atoms with Crippen molar-refractivity contribution >= 4 is 24.2 Å². The Hall–Kier alpha value is -0.180. The zero-order valence-corrected chi connectivity index (χ0v) is 10.7. The smallest absolute Gasteiger partial charge is 0.0579 e. The van der Waals surface area contributed by atoms with Crippen molar-refractivity contribution in [1.29, 1.82) is 0 Å². The van der Waals surface area contributed by atoms with Crippen molar-refractivity contribution in [1.82, 2.24) is 5.32 Å². The van der Waals surface area contributed by atoms with Gasteiger partial charge in [0.25, 0.3) is 0 Å². The summed E-state index contributed by atoms with van der Waals surface area (Å²) in [5.41, 5.74) is 1.34. The van der Waals surface area contributed by atoms with Gasteiger partial charge in [0.1, 0.15) is 0 Å². The minimum absolute atomic E-state index is 0. The van der Waals surface area contributed by atoms with E-state index in [1.165, 1.54) is 36.3 Å². The highest BCUT2D eigenvalue weighted by Crippen LogP contribution is 2.26. The predicted octanol–water partition coefficient (Wildman–Crippen LogP) is 3.61. The number of aryl methyl sites for hydroxylation is 1. The van der Waals surface area contributed by atoms with E-state index in [0.717, 1.165) is 0 Å². The molecule has 3 heteroatoms. The lowest BCUT2D eigenvalue weighted by Gasteiger charge is -2.22. The molecule has 0 aliphatic carbocycles. The Bertz CT molecular complexity index is 280. The Labute approximate surface area is 102 Å². The highest BCUT2D eigenvalue weighted by atomic mass is 35.5. The average molecular weight is 244 g/mol. The van der Waals surface area contributed by atoms with Crippen LogP contribution in [0.3, 0.4) is 0 Å². The Balaban J connectivity index is 0.00000112. The fourth-order valence-electron chi connectivity index (χ4n) is 1.70. The third kappa shape index (κ3) is 4.06. The third-order valence-corrected chi connectivity index (χ3v) is 3.80. The number of piperidine rings is 1. The summed E-state index contributed by atoms with van der Waals surface area (Å²) in [4.78, 5) is 1.38. The van der Waals surface area contributed by atoms with Gasteiger partial charge >= 0.3 is 0 Å². The van der Waals surface area contributed by atoms with Crippen LogP contribution in [-0.2, 0) is 0 Å². The van der Waals surface area contributed by atoms with E-state index in [0.29, 0.717) is 5.37 Å². The number of thioether (sulfide) groups is 1. The first-order chi connectivity index (χ1) is 6.84. The summed E-state index contributed by atoms with van der Waals surface area (Å²) in [6, 6.07) is 8.81. The van der Waals surface area contributed by atoms with Crippen LogP contribution in [0, 0.1) is 6.92 Å². The normalized spacial score (nSPS) is 20.7. The van der Waals surface area contributed by atoms with Gasteiger partial charge in [-0.05, 0) is 44.9 Å². The second-order valence-corrected chi connectivity index (χ2v) is 5.15. The zero-order valence-electron chi connectivity index (χ0n) is 9.03. The van der Waals surface area contributed by atoms with E-state index < -0.39 is 0 Å². The second-order valence-electron chi connectivity index (χ2n) is 3.87. The van der Waals surface area contributed by atoms with Gasteiger partial charge in [-0.25, -0.2) is 0 Å². The molecule has 1 unspecified atom stereocenters. The van der Waals surface area contributed by atoms with Gasteiger partial charge in [0, 0.05) is 4.90 Å². The van der Waals surface area contributed by atoms with E-state index in [9.17, 15) is 0 Å². The molecule has 0 amide bonds. The summed E-state index contributed by atoms with van der Waals surface area (Å²) in [6.45, 7) is 3.32. The molecule has 0 spiro atoms. The highest BCUT2D eigenvalue weighted by Gasteiger charge is 2.12. The molecule has 0 bridgehead atoms. The topological polar surface area (TPSA) is 12.0 Å². The molecule has 1 fully saturated rings. The molecular weight excluding hydrogens is 226 g/mol. The number of halogens is 1. The van der Waals surface area contributed by atoms with Crippen LogP contribution in [0.25, 0.3) is 0 Å². The van der Waals surface area contributed by atoms with Crippen molar-refractivity contribution < 1.29 is 0 Å². The van der Waals surface area contributed by atoms with Gasteiger partial charge in [0.05, 0.1) is 5.37 Å². The van der Waals surface area contributed by atoms with E-state index >= 15 is 0 Å². The maximum absolute atomic E-state index is 3.55. The number of hydrogen-bond donors (Lipinski definition) is 1. The number of benzene rings is 1. The molecule has 84 valence electrons. The monoisotopic (exact) mass is 243 g/mol. The van der Waals surface area contributed by atoms with E-state index in [2.05, 4.69) is 36.5 Å². The molecule has 0 radical (unpaired) electrons. The Kier molecular flexibility index (Phi) is 5.51. The molecule has 0 saturated carbocycles. The number of rotatable bonds is 2. The van der Waals surface area contributed by atoms with E-state index in [1.54, 1.807) is 0 Å². The molecule has 1 saturated heterocycles. The largest absolute Gasteiger partial charge is 0.305 e. The molecule has 1 atom stereocenters. The van der Waals surface area contributed by atoms with E-state index in [1.807, 2.05) is 11.8 Å². The van der Waals surface area contributed by atoms with Crippen molar-refractivity contribution in [3.8, 4) is 0 Å². The zero-order chi connectivity index (χ0) is 9.80. The molecule has 1 N–H and O–H groups in total. The lowest BCUT2D eigenvalue weighted by molar-refractivity contribution is 0.491. The van der Waals surface area contributed by atoms with Crippen LogP contribution in [0.1, 0.15) is 24.8 Å². The van der Waals surface area contributed by atoms with Crippen molar-refractivity contribution in [3.63, 3.8) is 0 Å². The van der Waals surface area contributed by atoms with Crippen LogP contribution in [0.5, 0.6) is 0 Å². The van der Waals surface area contributed by atoms with Gasteiger partial charge in [0.15, 0.2) is 0 Å². The molecular formula is C12H18ClNS. The van der Waals surface area contributed by atoms with Crippen molar-refractivity contribution in [2.75, 3.05) is 6.54 Å². The highest BCUT2D eigenvalue weighted by molar-refractivity contribution is 7.99. The number of hydrogen-bond acceptors (Lipinski definition) is 2. The van der Waals surface area contributed by atoms with E-state index in [4.69, 9.17) is 0 Å². The lowest BCUT2D eigenvalue weighted by atomic mass is 10.2. The fraction of sp³-hybridized carbons (Fsp3) is 0.500. The summed E-state index contributed by atoms with van der Waals surface area (Å²) in [5, 5.41) is 4.18. The van der Waals surface area contributed by atoms with Gasteiger partial charge in [-0.15, -0.1) is 24.2 Å². The SMILES string of the molecule is Cc1ccc(SC2CCCCN2)cc1.Cl. The van der Waals surface area contributed by atoms with Crippen LogP contribution in [0.4, 0.5) is 0 Å². The van der Waals surface area contributed by atoms with Gasteiger partial charge in [-0.2, -0.15) is 0 Å². The third-order valence-electron chi connectivity index (χ3n) is 2.56. The van der Waals surface area contributed by atoms with Gasteiger partial charge < -0.3 is 5.32 Å². The van der Waals surface area contributed by atoms with Crippen LogP contribution in [-0.4, -0.2) is 11.9 Å². The van der Waals surface area contributed by atoms with Crippen LogP contribution < -0.4 is 5.32 Å². The van der Waals surface area contributed by atoms with Crippen LogP contribution >= 0.6 is 24.2 Å². The summed E-state index contributed by atoms with van der Waals surface area (Å²) >= 11 is 1.96. The summed E-state index contributed by atoms with van der Waals surface area (Å²) in [5.74, 6) is 0. The molecule has 15 heavy (non-hydrogen) atoms. The maximum atomic E-state index is 3.55. The molecule has 1 aliphatic rings. The summed E-state index contributed by atoms with van der Waals surface area (Å²) in [7, 11) is 0. The number of nitrogens with one attached hydrogen (secondary N) is 1. The van der Waals surface area contributed by atoms with Gasteiger partial charge in [-0.3, -0.25) is 0 Å². The van der Waals surface area contributed by atoms with Crippen molar-refractivity contribution in [3.05, 3.63) is 29.8 Å². The molecule has 1 aromatic rings. The van der Waals surface area contributed by atoms with Crippen molar-refractivity contribution in [2.24, 2.45) is 0 Å². The molecule has 0 aromatic heterocycles. The molecule has 1 aromatic carbocycles. The fourth-order valence-corrected chi connectivity index (χ4v) is 2.81. The summed E-state index contributed by atoms with van der Waals surface area (Å²) < 4.78 is 0. The molecule has 1 heterocycles. The minimum atomic E-state index is 0. The van der Waals surface area contributed by atoms with Gasteiger partial charge in [-0.1, -0.05) is 17.7 Å². The molecule has 1 aliphatic heterocycles. The summed E-state index contributed by atoms with van der Waals surface area (Å²) in [6.07, 6.45) is 4.01. The Morgan fingerprint density at radius 1 is 1.20 bits per heavy atom. The second kappa shape index (κ2) is 6.41.